The molecule has 0 heterocycles. The number of ether oxygens (including phenoxy) is 2. The minimum atomic E-state index is -3.95. The summed E-state index contributed by atoms with van der Waals surface area (Å²) >= 11 is 3.32. The number of nitrogens with one attached hydrogen (secondary N) is 2. The fourth-order valence-electron chi connectivity index (χ4n) is 4.05. The lowest BCUT2D eigenvalue weighted by atomic mass is 10.1. The SMILES string of the molecule is COc1ccccc1NC(=O)COc1ccc(/C=N/NC(=O)CN(CCc2ccccc2)S(=O)(=O)c2ccc(Br)cc2)cc1. The molecule has 0 aromatic heterocycles. The molecule has 0 spiro atoms. The highest BCUT2D eigenvalue weighted by Crippen LogP contribution is 2.23. The van der Waals surface area contributed by atoms with Crippen LogP contribution in [0.5, 0.6) is 11.5 Å². The maximum Gasteiger partial charge on any atom is 0.262 e. The molecule has 0 aliphatic heterocycles. The first-order valence-corrected chi connectivity index (χ1v) is 15.7. The summed E-state index contributed by atoms with van der Waals surface area (Å²) in [5.41, 5.74) is 4.55. The van der Waals surface area contributed by atoms with E-state index in [0.29, 0.717) is 29.2 Å². The first kappa shape index (κ1) is 32.4. The summed E-state index contributed by atoms with van der Waals surface area (Å²) in [6.45, 7) is -0.504. The van der Waals surface area contributed by atoms with Crippen molar-refractivity contribution in [2.24, 2.45) is 5.10 Å². The quantitative estimate of drug-likeness (QED) is 0.145. The van der Waals surface area contributed by atoms with Crippen molar-refractivity contribution in [3.63, 3.8) is 0 Å². The molecule has 0 radical (unpaired) electrons. The number of hydrogen-bond donors (Lipinski definition) is 2. The topological polar surface area (TPSA) is 126 Å². The molecule has 44 heavy (non-hydrogen) atoms. The fraction of sp³-hybridized carbons (Fsp3) is 0.156. The third-order valence-corrected chi connectivity index (χ3v) is 8.69. The molecule has 0 fully saturated rings. The molecule has 0 unspecified atom stereocenters. The normalized spacial score (nSPS) is 11.3. The Labute approximate surface area is 264 Å². The monoisotopic (exact) mass is 678 g/mol. The van der Waals surface area contributed by atoms with E-state index in [0.717, 1.165) is 14.3 Å². The van der Waals surface area contributed by atoms with Gasteiger partial charge in [0.25, 0.3) is 11.8 Å². The van der Waals surface area contributed by atoms with Crippen LogP contribution in [0, 0.1) is 0 Å². The number of carbonyl (C=O) groups excluding carboxylic acids is 2. The fourth-order valence-corrected chi connectivity index (χ4v) is 5.71. The molecule has 12 heteroatoms. The number of benzene rings is 4. The Kier molecular flexibility index (Phi) is 11.6. The first-order chi connectivity index (χ1) is 21.2. The summed E-state index contributed by atoms with van der Waals surface area (Å²) in [6.07, 6.45) is 1.86. The van der Waals surface area contributed by atoms with Crippen LogP contribution in [0.15, 0.2) is 118 Å². The Morgan fingerprint density at radius 1 is 0.886 bits per heavy atom. The van der Waals surface area contributed by atoms with Gasteiger partial charge < -0.3 is 14.8 Å². The Morgan fingerprint density at radius 3 is 2.27 bits per heavy atom. The molecular formula is C32H31BrN4O6S. The number of para-hydroxylation sites is 2. The van der Waals surface area contributed by atoms with Crippen LogP contribution in [-0.2, 0) is 26.0 Å². The standard InChI is InChI=1S/C32H31BrN4O6S/c1-42-30-10-6-5-9-29(30)35-32(39)23-43-27-15-11-25(12-16-27)21-34-36-31(38)22-37(20-19-24-7-3-2-4-8-24)44(40,41)28-17-13-26(33)14-18-28/h2-18,21H,19-20,22-23H2,1H3,(H,35,39)(H,36,38)/b34-21+. The van der Waals surface area contributed by atoms with Crippen LogP contribution in [0.25, 0.3) is 0 Å². The van der Waals surface area contributed by atoms with Crippen LogP contribution in [0.4, 0.5) is 5.69 Å². The largest absolute Gasteiger partial charge is 0.495 e. The van der Waals surface area contributed by atoms with Gasteiger partial charge in [0.2, 0.25) is 10.0 Å². The Bertz CT molecular complexity index is 1680. The average molecular weight is 680 g/mol. The second kappa shape index (κ2) is 15.8. The summed E-state index contributed by atoms with van der Waals surface area (Å²) < 4.78 is 39.5. The predicted molar refractivity (Wildman–Crippen MR) is 172 cm³/mol. The number of anilines is 1. The molecule has 2 N–H and O–H groups in total. The van der Waals surface area contributed by atoms with Gasteiger partial charge in [0, 0.05) is 11.0 Å². The molecule has 0 saturated heterocycles. The highest BCUT2D eigenvalue weighted by molar-refractivity contribution is 9.10. The Hall–Kier alpha value is -4.52. The zero-order valence-electron chi connectivity index (χ0n) is 23.9. The van der Waals surface area contributed by atoms with Crippen molar-refractivity contribution < 1.29 is 27.5 Å². The number of carbonyl (C=O) groups is 2. The van der Waals surface area contributed by atoms with Gasteiger partial charge in [-0.05, 0) is 78.2 Å². The maximum absolute atomic E-state index is 13.4. The van der Waals surface area contributed by atoms with Gasteiger partial charge >= 0.3 is 0 Å². The van der Waals surface area contributed by atoms with Crippen molar-refractivity contribution in [2.45, 2.75) is 11.3 Å². The third-order valence-electron chi connectivity index (χ3n) is 6.30. The average Bonchev–Trinajstić information content (AvgIpc) is 3.03. The lowest BCUT2D eigenvalue weighted by Crippen LogP contribution is -2.40. The molecule has 0 bridgehead atoms. The number of halogens is 1. The van der Waals surface area contributed by atoms with Crippen LogP contribution >= 0.6 is 15.9 Å². The smallest absolute Gasteiger partial charge is 0.262 e. The molecule has 2 amide bonds. The molecule has 228 valence electrons. The third kappa shape index (κ3) is 9.49. The van der Waals surface area contributed by atoms with Gasteiger partial charge in [0.1, 0.15) is 11.5 Å². The van der Waals surface area contributed by atoms with Crippen molar-refractivity contribution in [3.05, 3.63) is 119 Å². The molecule has 4 aromatic carbocycles. The number of hydrogen-bond acceptors (Lipinski definition) is 7. The van der Waals surface area contributed by atoms with Crippen LogP contribution < -0.4 is 20.2 Å². The molecule has 0 saturated carbocycles. The van der Waals surface area contributed by atoms with Crippen molar-refractivity contribution in [1.29, 1.82) is 0 Å². The van der Waals surface area contributed by atoms with Crippen molar-refractivity contribution in [2.75, 3.05) is 32.1 Å². The molecule has 10 nitrogen and oxygen atoms in total. The lowest BCUT2D eigenvalue weighted by molar-refractivity contribution is -0.121. The van der Waals surface area contributed by atoms with E-state index in [9.17, 15) is 18.0 Å². The lowest BCUT2D eigenvalue weighted by Gasteiger charge is -2.21. The number of rotatable bonds is 14. The van der Waals surface area contributed by atoms with E-state index < -0.39 is 22.5 Å². The van der Waals surface area contributed by atoms with Crippen LogP contribution in [-0.4, -0.2) is 57.6 Å². The van der Waals surface area contributed by atoms with E-state index >= 15 is 0 Å². The van der Waals surface area contributed by atoms with Gasteiger partial charge in [-0.3, -0.25) is 9.59 Å². The van der Waals surface area contributed by atoms with Crippen LogP contribution in [0.1, 0.15) is 11.1 Å². The highest BCUT2D eigenvalue weighted by Gasteiger charge is 2.26. The van der Waals surface area contributed by atoms with E-state index in [1.807, 2.05) is 30.3 Å². The number of nitrogens with zero attached hydrogens (tertiary/aromatic N) is 2. The predicted octanol–water partition coefficient (Wildman–Crippen LogP) is 4.86. The van der Waals surface area contributed by atoms with E-state index in [4.69, 9.17) is 9.47 Å². The second-order valence-corrected chi connectivity index (χ2v) is 12.3. The van der Waals surface area contributed by atoms with Gasteiger partial charge in [-0.15, -0.1) is 0 Å². The van der Waals surface area contributed by atoms with Gasteiger partial charge in [-0.1, -0.05) is 58.4 Å². The summed E-state index contributed by atoms with van der Waals surface area (Å²) in [5.74, 6) is 0.0788. The van der Waals surface area contributed by atoms with Crippen LogP contribution in [0.2, 0.25) is 0 Å². The summed E-state index contributed by atoms with van der Waals surface area (Å²) in [7, 11) is -2.42. The van der Waals surface area contributed by atoms with Gasteiger partial charge in [0.05, 0.1) is 30.5 Å². The second-order valence-electron chi connectivity index (χ2n) is 9.43. The zero-order valence-corrected chi connectivity index (χ0v) is 26.3. The first-order valence-electron chi connectivity index (χ1n) is 13.5. The van der Waals surface area contributed by atoms with E-state index in [1.54, 1.807) is 60.7 Å². The highest BCUT2D eigenvalue weighted by atomic mass is 79.9. The minimum Gasteiger partial charge on any atom is -0.495 e. The molecular weight excluding hydrogens is 648 g/mol. The maximum atomic E-state index is 13.4. The molecule has 0 atom stereocenters. The number of sulfonamides is 1. The number of methoxy groups -OCH3 is 1. The summed E-state index contributed by atoms with van der Waals surface area (Å²) in [6, 6.07) is 29.5. The number of amides is 2. The van der Waals surface area contributed by atoms with Gasteiger partial charge in [-0.25, -0.2) is 13.8 Å². The van der Waals surface area contributed by atoms with Crippen LogP contribution in [0.3, 0.4) is 0 Å². The summed E-state index contributed by atoms with van der Waals surface area (Å²) in [5, 5.41) is 6.72. The Balaban J connectivity index is 1.31. The zero-order chi connectivity index (χ0) is 31.4. The molecule has 4 aromatic rings. The van der Waals surface area contributed by atoms with Gasteiger partial charge in [-0.2, -0.15) is 9.41 Å². The van der Waals surface area contributed by atoms with E-state index in [-0.39, 0.29) is 24.0 Å². The summed E-state index contributed by atoms with van der Waals surface area (Å²) in [4.78, 5) is 25.1. The van der Waals surface area contributed by atoms with Gasteiger partial charge in [0.15, 0.2) is 6.61 Å². The number of hydrazone groups is 1. The Morgan fingerprint density at radius 2 is 1.57 bits per heavy atom. The minimum absolute atomic E-state index is 0.0876. The van der Waals surface area contributed by atoms with Crippen molar-refractivity contribution in [1.82, 2.24) is 9.73 Å². The molecule has 0 aliphatic rings. The molecule has 4 rings (SSSR count). The molecule has 0 aliphatic carbocycles. The van der Waals surface area contributed by atoms with Crippen molar-refractivity contribution in [3.8, 4) is 11.5 Å². The van der Waals surface area contributed by atoms with E-state index in [1.165, 1.54) is 25.5 Å². The van der Waals surface area contributed by atoms with Crippen molar-refractivity contribution >= 4 is 49.7 Å². The van der Waals surface area contributed by atoms with E-state index in [2.05, 4.69) is 31.8 Å².